The van der Waals surface area contributed by atoms with E-state index >= 15 is 0 Å². The lowest BCUT2D eigenvalue weighted by molar-refractivity contribution is -0.142. The van der Waals surface area contributed by atoms with Gasteiger partial charge in [-0.2, -0.15) is 0 Å². The topological polar surface area (TPSA) is 111 Å². The predicted molar refractivity (Wildman–Crippen MR) is 94.8 cm³/mol. The fraction of sp³-hybridized carbons (Fsp3) is 0.444. The maximum absolute atomic E-state index is 13.9. The molecule has 0 heterocycles. The normalized spacial score (nSPS) is 10.7. The summed E-state index contributed by atoms with van der Waals surface area (Å²) in [5, 5.41) is 4.77. The van der Waals surface area contributed by atoms with Crippen LogP contribution in [-0.4, -0.2) is 42.5 Å². The van der Waals surface area contributed by atoms with Crippen molar-refractivity contribution >= 4 is 29.4 Å². The lowest BCUT2D eigenvalue weighted by Crippen LogP contribution is -2.33. The molecule has 27 heavy (non-hydrogen) atoms. The molecule has 0 spiro atoms. The van der Waals surface area contributed by atoms with Gasteiger partial charge < -0.3 is 20.1 Å². The van der Waals surface area contributed by atoms with Crippen molar-refractivity contribution in [2.75, 3.05) is 18.5 Å². The molecular weight excluding hydrogens is 359 g/mol. The van der Waals surface area contributed by atoms with Gasteiger partial charge in [0, 0.05) is 19.2 Å². The first-order chi connectivity index (χ1) is 12.5. The van der Waals surface area contributed by atoms with Crippen LogP contribution in [0.3, 0.4) is 0 Å². The van der Waals surface area contributed by atoms with Crippen LogP contribution in [0.25, 0.3) is 0 Å². The van der Waals surface area contributed by atoms with Crippen LogP contribution in [0, 0.1) is 5.82 Å². The van der Waals surface area contributed by atoms with E-state index in [-0.39, 0.29) is 30.1 Å². The third kappa shape index (κ3) is 8.80. The van der Waals surface area contributed by atoms with Gasteiger partial charge in [-0.25, -0.2) is 9.18 Å². The SMILES string of the molecule is CC(=O)Nc1ccc(C(=O)COC(=O)CCNC(=O)OC(C)(C)C)c(F)c1. The van der Waals surface area contributed by atoms with E-state index in [1.54, 1.807) is 20.8 Å². The summed E-state index contributed by atoms with van der Waals surface area (Å²) in [6, 6.07) is 3.56. The van der Waals surface area contributed by atoms with Crippen LogP contribution in [-0.2, 0) is 19.1 Å². The Kier molecular flexibility index (Phi) is 7.89. The molecule has 8 nitrogen and oxygen atoms in total. The smallest absolute Gasteiger partial charge is 0.407 e. The van der Waals surface area contributed by atoms with Gasteiger partial charge in [-0.3, -0.25) is 14.4 Å². The maximum Gasteiger partial charge on any atom is 0.407 e. The summed E-state index contributed by atoms with van der Waals surface area (Å²) in [4.78, 5) is 45.9. The monoisotopic (exact) mass is 382 g/mol. The molecule has 0 aliphatic carbocycles. The van der Waals surface area contributed by atoms with Crippen LogP contribution in [0.2, 0.25) is 0 Å². The Morgan fingerprint density at radius 1 is 1.15 bits per heavy atom. The summed E-state index contributed by atoms with van der Waals surface area (Å²) >= 11 is 0. The van der Waals surface area contributed by atoms with E-state index in [2.05, 4.69) is 10.6 Å². The van der Waals surface area contributed by atoms with Gasteiger partial charge in [0.2, 0.25) is 11.7 Å². The minimum atomic E-state index is -0.839. The second-order valence-electron chi connectivity index (χ2n) is 6.64. The summed E-state index contributed by atoms with van der Waals surface area (Å²) in [7, 11) is 0. The minimum absolute atomic E-state index is 0.0261. The molecule has 0 bridgehead atoms. The predicted octanol–water partition coefficient (Wildman–Crippen LogP) is 2.42. The highest BCUT2D eigenvalue weighted by Crippen LogP contribution is 2.15. The fourth-order valence-corrected chi connectivity index (χ4v) is 1.90. The lowest BCUT2D eigenvalue weighted by Gasteiger charge is -2.19. The van der Waals surface area contributed by atoms with Crippen LogP contribution in [0.1, 0.15) is 44.5 Å². The zero-order valence-corrected chi connectivity index (χ0v) is 15.7. The standard InChI is InChI=1S/C18H23FN2O6/c1-11(22)21-12-5-6-13(14(19)9-12)15(23)10-26-16(24)7-8-20-17(25)27-18(2,3)4/h5-6,9H,7-8,10H2,1-4H3,(H,20,25)(H,21,22). The largest absolute Gasteiger partial charge is 0.457 e. The Bertz CT molecular complexity index is 727. The third-order valence-electron chi connectivity index (χ3n) is 2.95. The summed E-state index contributed by atoms with van der Waals surface area (Å²) in [5.74, 6) is -2.67. The Morgan fingerprint density at radius 2 is 1.81 bits per heavy atom. The number of hydrogen-bond acceptors (Lipinski definition) is 6. The van der Waals surface area contributed by atoms with E-state index in [1.807, 2.05) is 0 Å². The molecule has 1 aromatic carbocycles. The second-order valence-corrected chi connectivity index (χ2v) is 6.64. The first kappa shape index (κ1) is 22.1. The lowest BCUT2D eigenvalue weighted by atomic mass is 10.1. The van der Waals surface area contributed by atoms with E-state index in [1.165, 1.54) is 19.1 Å². The maximum atomic E-state index is 13.9. The number of carbonyl (C=O) groups excluding carboxylic acids is 4. The van der Waals surface area contributed by atoms with Gasteiger partial charge in [-0.05, 0) is 39.0 Å². The molecule has 0 aliphatic heterocycles. The average Bonchev–Trinajstić information content (AvgIpc) is 2.50. The van der Waals surface area contributed by atoms with Gasteiger partial charge in [0.05, 0.1) is 12.0 Å². The summed E-state index contributed by atoms with van der Waals surface area (Å²) in [5.41, 5.74) is -0.707. The molecule has 0 aromatic heterocycles. The molecule has 0 unspecified atom stereocenters. The van der Waals surface area contributed by atoms with Gasteiger partial charge in [0.25, 0.3) is 0 Å². The second kappa shape index (κ2) is 9.65. The highest BCUT2D eigenvalue weighted by atomic mass is 19.1. The summed E-state index contributed by atoms with van der Waals surface area (Å²) in [6.45, 7) is 5.72. The van der Waals surface area contributed by atoms with Crippen molar-refractivity contribution in [3.8, 4) is 0 Å². The number of ether oxygens (including phenoxy) is 2. The van der Waals surface area contributed by atoms with Crippen LogP contribution in [0.4, 0.5) is 14.9 Å². The minimum Gasteiger partial charge on any atom is -0.457 e. The van der Waals surface area contributed by atoms with Crippen molar-refractivity contribution in [2.24, 2.45) is 0 Å². The molecule has 0 aliphatic rings. The number of carbonyl (C=O) groups is 4. The van der Waals surface area contributed by atoms with Gasteiger partial charge >= 0.3 is 12.1 Å². The van der Waals surface area contributed by atoms with E-state index in [0.717, 1.165) is 6.07 Å². The molecule has 0 atom stereocenters. The van der Waals surface area contributed by atoms with Crippen molar-refractivity contribution in [2.45, 2.75) is 39.7 Å². The number of halogens is 1. The number of hydrogen-bond donors (Lipinski definition) is 2. The molecule has 0 fully saturated rings. The van der Waals surface area contributed by atoms with Crippen molar-refractivity contribution in [1.82, 2.24) is 5.32 Å². The van der Waals surface area contributed by atoms with E-state index in [0.29, 0.717) is 0 Å². The summed E-state index contributed by atoms with van der Waals surface area (Å²) < 4.78 is 23.7. The summed E-state index contributed by atoms with van der Waals surface area (Å²) in [6.07, 6.45) is -0.844. The number of nitrogens with one attached hydrogen (secondary N) is 2. The molecule has 2 N–H and O–H groups in total. The number of anilines is 1. The number of Topliss-reactive ketones (excluding diaryl/α,β-unsaturated/α-hetero) is 1. The van der Waals surface area contributed by atoms with Crippen LogP contribution >= 0.6 is 0 Å². The van der Waals surface area contributed by atoms with E-state index in [4.69, 9.17) is 9.47 Å². The number of benzene rings is 1. The molecule has 2 amide bonds. The van der Waals surface area contributed by atoms with Crippen LogP contribution in [0.15, 0.2) is 18.2 Å². The van der Waals surface area contributed by atoms with E-state index < -0.39 is 35.9 Å². The highest BCUT2D eigenvalue weighted by molar-refractivity contribution is 5.99. The first-order valence-electron chi connectivity index (χ1n) is 8.21. The molecule has 0 saturated heterocycles. The zero-order chi connectivity index (χ0) is 20.6. The number of rotatable bonds is 7. The molecule has 148 valence electrons. The number of amides is 2. The molecule has 1 aromatic rings. The Labute approximate surface area is 156 Å². The van der Waals surface area contributed by atoms with Gasteiger partial charge in [-0.1, -0.05) is 0 Å². The quantitative estimate of drug-likeness (QED) is 0.553. The zero-order valence-electron chi connectivity index (χ0n) is 15.7. The van der Waals surface area contributed by atoms with E-state index in [9.17, 15) is 23.6 Å². The molecule has 0 saturated carbocycles. The first-order valence-corrected chi connectivity index (χ1v) is 8.21. The van der Waals surface area contributed by atoms with Crippen molar-refractivity contribution in [3.05, 3.63) is 29.6 Å². The molecule has 9 heteroatoms. The van der Waals surface area contributed by atoms with Crippen molar-refractivity contribution < 1.29 is 33.0 Å². The molecular formula is C18H23FN2O6. The number of esters is 1. The molecule has 0 radical (unpaired) electrons. The van der Waals surface area contributed by atoms with Crippen molar-refractivity contribution in [3.63, 3.8) is 0 Å². The fourth-order valence-electron chi connectivity index (χ4n) is 1.90. The van der Waals surface area contributed by atoms with Gasteiger partial charge in [0.1, 0.15) is 11.4 Å². The highest BCUT2D eigenvalue weighted by Gasteiger charge is 2.17. The Hall–Kier alpha value is -2.97. The van der Waals surface area contributed by atoms with Crippen LogP contribution in [0.5, 0.6) is 0 Å². The van der Waals surface area contributed by atoms with Gasteiger partial charge in [-0.15, -0.1) is 0 Å². The average molecular weight is 382 g/mol. The van der Waals surface area contributed by atoms with Crippen LogP contribution < -0.4 is 10.6 Å². The molecule has 1 rings (SSSR count). The van der Waals surface area contributed by atoms with Crippen molar-refractivity contribution in [1.29, 1.82) is 0 Å². The Balaban J connectivity index is 2.42. The Morgan fingerprint density at radius 3 is 2.37 bits per heavy atom. The number of alkyl carbamates (subject to hydrolysis) is 1. The number of ketones is 1. The van der Waals surface area contributed by atoms with Gasteiger partial charge in [0.15, 0.2) is 6.61 Å². The third-order valence-corrected chi connectivity index (χ3v) is 2.95.